The molecule has 0 aliphatic carbocycles. The van der Waals surface area contributed by atoms with Crippen molar-refractivity contribution in [3.8, 4) is 0 Å². The number of carbonyl (C=O) groups excluding carboxylic acids is 1. The maximum absolute atomic E-state index is 16.6. The van der Waals surface area contributed by atoms with E-state index in [2.05, 4.69) is 18.2 Å². The Hall–Kier alpha value is -3.09. The van der Waals surface area contributed by atoms with E-state index in [9.17, 15) is 19.2 Å². The Morgan fingerprint density at radius 2 is 0.640 bits per heavy atom. The molecule has 0 aromatic rings. The van der Waals surface area contributed by atoms with Gasteiger partial charge in [0, 0.05) is 32.1 Å². The molecular weight excluding hydrogens is 987 g/mol. The molecule has 0 aliphatic heterocycles. The van der Waals surface area contributed by atoms with Gasteiger partial charge in [0.2, 0.25) is 0 Å². The molecule has 0 rings (SSSR count). The van der Waals surface area contributed by atoms with Gasteiger partial charge in [-0.3, -0.25) is 9.32 Å². The molecule has 0 amide bonds. The van der Waals surface area contributed by atoms with Gasteiger partial charge < -0.3 is 33.6 Å². The molecule has 0 bridgehead atoms. The van der Waals surface area contributed by atoms with Crippen LogP contribution in [0, 0.1) is 0 Å². The van der Waals surface area contributed by atoms with E-state index >= 15 is 9.36 Å². The second-order valence-corrected chi connectivity index (χ2v) is 25.4. The van der Waals surface area contributed by atoms with E-state index in [1.165, 1.54) is 0 Å². The van der Waals surface area contributed by atoms with Gasteiger partial charge in [0.1, 0.15) is 22.4 Å². The zero-order valence-electron chi connectivity index (χ0n) is 50.5. The highest BCUT2D eigenvalue weighted by Crippen LogP contribution is 2.66. The normalized spacial score (nSPS) is 15.5. The third-order valence-electron chi connectivity index (χ3n) is 12.5. The number of hydrogen-bond donors (Lipinski definition) is 3. The second kappa shape index (κ2) is 32.7. The Morgan fingerprint density at radius 1 is 0.360 bits per heavy atom. The second-order valence-electron chi connectivity index (χ2n) is 22.6. The Kier molecular flexibility index (Phi) is 31.4. The quantitative estimate of drug-likeness (QED) is 0.0407. The van der Waals surface area contributed by atoms with E-state index < -0.39 is 55.9 Å². The van der Waals surface area contributed by atoms with Crippen molar-refractivity contribution in [3.05, 3.63) is 128 Å². The van der Waals surface area contributed by atoms with Gasteiger partial charge in [-0.05, 0) is 165 Å². The van der Waals surface area contributed by atoms with Crippen molar-refractivity contribution in [2.75, 3.05) is 26.4 Å². The van der Waals surface area contributed by atoms with Crippen molar-refractivity contribution in [2.24, 2.45) is 0 Å². The minimum Gasteiger partial charge on any atom is -0.367 e. The number of allylic oxidation sites excluding steroid dienone is 12. The summed E-state index contributed by atoms with van der Waals surface area (Å²) in [4.78, 5) is 49.5. The fourth-order valence-electron chi connectivity index (χ4n) is 8.59. The van der Waals surface area contributed by atoms with Crippen molar-refractivity contribution in [3.63, 3.8) is 0 Å². The third-order valence-corrected chi connectivity index (χ3v) is 14.7. The number of rotatable bonds is 35. The van der Waals surface area contributed by atoms with Crippen LogP contribution < -0.4 is 0 Å². The highest BCUT2D eigenvalue weighted by Gasteiger charge is 2.79. The van der Waals surface area contributed by atoms with Gasteiger partial charge in [0.15, 0.2) is 11.4 Å². The molecule has 5 atom stereocenters. The standard InChI is InChI=1S/C61H102O12P2/c1-45(2)23-24-56(62)58(37-27-48(7)8,72-75(66,67)73-74(63,64)65)60(39-29-50(11)12,70-43-33-54(19)20)61(40-30-51(13)14,71-44-34-55(21)22)59(38-28-49(9)10,69-42-32-53(17)18)57(35-25-46(3)4,36-26-47(5)6)68-41-31-52(15)16/h23,25-34H,24,35-44H2,1-22H3,(H,66,67)(H2,63,64,65)/t58-,59+,60+,61-/m0/s1. The van der Waals surface area contributed by atoms with E-state index in [0.717, 1.165) is 55.7 Å². The van der Waals surface area contributed by atoms with E-state index in [0.29, 0.717) is 5.57 Å². The molecule has 12 nitrogen and oxygen atoms in total. The molecule has 1 unspecified atom stereocenters. The van der Waals surface area contributed by atoms with Crippen LogP contribution in [0.4, 0.5) is 0 Å². The van der Waals surface area contributed by atoms with Gasteiger partial charge in [-0.15, -0.1) is 0 Å². The monoisotopic (exact) mass is 1090 g/mol. The number of hydrogen-bond acceptors (Lipinski definition) is 9. The van der Waals surface area contributed by atoms with E-state index in [1.807, 2.05) is 189 Å². The third kappa shape index (κ3) is 23.4. The fourth-order valence-corrected chi connectivity index (χ4v) is 10.5. The summed E-state index contributed by atoms with van der Waals surface area (Å²) in [5.41, 5.74) is -0.777. The molecular formula is C61H102O12P2. The lowest BCUT2D eigenvalue weighted by molar-refractivity contribution is -0.357. The van der Waals surface area contributed by atoms with Crippen LogP contribution in [0.15, 0.2) is 128 Å². The van der Waals surface area contributed by atoms with Crippen LogP contribution in [0.1, 0.15) is 197 Å². The fraction of sp³-hybridized carbons (Fsp3) is 0.623. The summed E-state index contributed by atoms with van der Waals surface area (Å²) >= 11 is 0. The first-order chi connectivity index (χ1) is 34.4. The van der Waals surface area contributed by atoms with Crippen LogP contribution in [0.5, 0.6) is 0 Å². The lowest BCUT2D eigenvalue weighted by atomic mass is 9.52. The first-order valence-electron chi connectivity index (χ1n) is 26.3. The average Bonchev–Trinajstić information content (AvgIpc) is 3.24. The van der Waals surface area contributed by atoms with E-state index in [4.69, 9.17) is 27.8 Å². The lowest BCUT2D eigenvalue weighted by Gasteiger charge is -2.67. The minimum absolute atomic E-state index is 0.00103. The number of phosphoric acid groups is 2. The van der Waals surface area contributed by atoms with Crippen LogP contribution in [0.25, 0.3) is 0 Å². The summed E-state index contributed by atoms with van der Waals surface area (Å²) < 4.78 is 70.9. The number of carbonyl (C=O) groups is 1. The first-order valence-corrected chi connectivity index (χ1v) is 29.3. The van der Waals surface area contributed by atoms with Gasteiger partial charge in [-0.2, -0.15) is 4.31 Å². The van der Waals surface area contributed by atoms with Crippen LogP contribution in [-0.2, 0) is 41.7 Å². The Balaban J connectivity index is 12.0. The zero-order valence-corrected chi connectivity index (χ0v) is 52.3. The SMILES string of the molecule is CC(C)=CCOC(CC=C(C)C)(CC=C(C)C)[C@@](CC=C(C)C)(OCC=C(C)C)[C@](CC=C(C)C)(OCC=C(C)C)[C@](CC=C(C)C)(OCC=C(C)C)[C@@](CC=C(C)C)(OP(=O)(O)OP(=O)(O)O)C(=O)CC=C(C)C. The molecule has 0 heterocycles. The van der Waals surface area contributed by atoms with Gasteiger partial charge in [-0.1, -0.05) is 128 Å². The summed E-state index contributed by atoms with van der Waals surface area (Å²) in [6.07, 6.45) is 20.7. The molecule has 0 aromatic carbocycles. The number of Topliss-reactive ketones (excluding diaryl/α,β-unsaturated/α-hetero) is 1. The highest BCUT2D eigenvalue weighted by molar-refractivity contribution is 7.60. The molecule has 75 heavy (non-hydrogen) atoms. The minimum atomic E-state index is -6.03. The van der Waals surface area contributed by atoms with Crippen molar-refractivity contribution >= 4 is 21.4 Å². The molecule has 0 saturated heterocycles. The largest absolute Gasteiger partial charge is 0.482 e. The smallest absolute Gasteiger partial charge is 0.367 e. The number of ether oxygens (including phenoxy) is 4. The Morgan fingerprint density at radius 3 is 0.987 bits per heavy atom. The summed E-state index contributed by atoms with van der Waals surface area (Å²) in [5.74, 6) is -0.749. The number of ketones is 1. The van der Waals surface area contributed by atoms with Gasteiger partial charge in [0.25, 0.3) is 0 Å². The van der Waals surface area contributed by atoms with Crippen LogP contribution >= 0.6 is 15.6 Å². The predicted octanol–water partition coefficient (Wildman–Crippen LogP) is 16.9. The van der Waals surface area contributed by atoms with Crippen molar-refractivity contribution in [2.45, 2.75) is 225 Å². The Labute approximate surface area is 455 Å². The van der Waals surface area contributed by atoms with Gasteiger partial charge in [-0.25, -0.2) is 9.13 Å². The van der Waals surface area contributed by atoms with Crippen LogP contribution in [-0.4, -0.2) is 74.9 Å². The molecule has 0 spiro atoms. The summed E-state index contributed by atoms with van der Waals surface area (Å²) in [6, 6.07) is 0. The molecule has 0 fully saturated rings. The molecule has 3 N–H and O–H groups in total. The van der Waals surface area contributed by atoms with Crippen LogP contribution in [0.2, 0.25) is 0 Å². The molecule has 0 aromatic heterocycles. The molecule has 0 saturated carbocycles. The van der Waals surface area contributed by atoms with Crippen molar-refractivity contribution in [1.29, 1.82) is 0 Å². The molecule has 14 heteroatoms. The molecule has 0 radical (unpaired) electrons. The van der Waals surface area contributed by atoms with Gasteiger partial charge >= 0.3 is 15.6 Å². The zero-order chi connectivity index (χ0) is 58.2. The first kappa shape index (κ1) is 71.9. The lowest BCUT2D eigenvalue weighted by Crippen LogP contribution is -2.84. The molecule has 0 aliphatic rings. The topological polar surface area (TPSA) is 167 Å². The van der Waals surface area contributed by atoms with Gasteiger partial charge in [0.05, 0.1) is 26.4 Å². The number of phosphoric ester groups is 1. The summed E-state index contributed by atoms with van der Waals surface area (Å²) in [6.45, 7) is 42.6. The van der Waals surface area contributed by atoms with Crippen LogP contribution in [0.3, 0.4) is 0 Å². The summed E-state index contributed by atoms with van der Waals surface area (Å²) in [7, 11) is -11.8. The highest BCUT2D eigenvalue weighted by atomic mass is 31.3. The van der Waals surface area contributed by atoms with E-state index in [-0.39, 0.29) is 65.0 Å². The van der Waals surface area contributed by atoms with E-state index in [1.54, 1.807) is 12.2 Å². The van der Waals surface area contributed by atoms with Crippen molar-refractivity contribution < 1.29 is 56.4 Å². The van der Waals surface area contributed by atoms with Crippen molar-refractivity contribution in [1.82, 2.24) is 0 Å². The average molecular weight is 1090 g/mol. The predicted molar refractivity (Wildman–Crippen MR) is 313 cm³/mol. The summed E-state index contributed by atoms with van der Waals surface area (Å²) in [5, 5.41) is 0. The maximum Gasteiger partial charge on any atom is 0.482 e. The maximum atomic E-state index is 16.6. The Bertz CT molecular complexity index is 2270. The molecule has 428 valence electrons.